The maximum Gasteiger partial charge on any atom is 0.339 e. The zero-order valence-corrected chi connectivity index (χ0v) is 11.7. The Morgan fingerprint density at radius 3 is 2.65 bits per heavy atom. The first kappa shape index (κ1) is 14.2. The number of nitrogens with zero attached hydrogens (tertiary/aromatic N) is 2. The lowest BCUT2D eigenvalue weighted by atomic mass is 10.2. The lowest BCUT2D eigenvalue weighted by molar-refractivity contribution is 0.0698. The molecule has 0 spiro atoms. The van der Waals surface area contributed by atoms with Crippen molar-refractivity contribution < 1.29 is 14.7 Å². The van der Waals surface area contributed by atoms with E-state index in [4.69, 9.17) is 16.7 Å². The molecule has 1 heterocycles. The van der Waals surface area contributed by atoms with Crippen LogP contribution in [0.2, 0.25) is 5.02 Å². The molecule has 2 amide bonds. The van der Waals surface area contributed by atoms with E-state index in [0.717, 1.165) is 0 Å². The highest BCUT2D eigenvalue weighted by Gasteiger charge is 2.16. The predicted molar refractivity (Wildman–Crippen MR) is 75.7 cm³/mol. The van der Waals surface area contributed by atoms with Crippen LogP contribution in [0.1, 0.15) is 15.4 Å². The summed E-state index contributed by atoms with van der Waals surface area (Å²) in [6.07, 6.45) is 0. The van der Waals surface area contributed by atoms with Crippen molar-refractivity contribution in [1.82, 2.24) is 10.2 Å². The van der Waals surface area contributed by atoms with Crippen molar-refractivity contribution in [1.29, 1.82) is 0 Å². The molecule has 0 unspecified atom stereocenters. The molecule has 2 aromatic rings. The van der Waals surface area contributed by atoms with E-state index in [1.807, 2.05) is 0 Å². The number of carboxylic acid groups (broad SMARTS) is 1. The van der Waals surface area contributed by atoms with Crippen molar-refractivity contribution in [2.75, 3.05) is 10.6 Å². The van der Waals surface area contributed by atoms with E-state index >= 15 is 0 Å². The summed E-state index contributed by atoms with van der Waals surface area (Å²) >= 11 is 7.00. The molecule has 0 saturated heterocycles. The van der Waals surface area contributed by atoms with Crippen molar-refractivity contribution in [3.05, 3.63) is 33.8 Å². The van der Waals surface area contributed by atoms with Gasteiger partial charge in [-0.05, 0) is 19.1 Å². The average Bonchev–Trinajstić information content (AvgIpc) is 2.74. The van der Waals surface area contributed by atoms with Crippen LogP contribution in [-0.4, -0.2) is 27.3 Å². The zero-order valence-electron chi connectivity index (χ0n) is 10.2. The second-order valence-corrected chi connectivity index (χ2v) is 5.26. The van der Waals surface area contributed by atoms with E-state index < -0.39 is 12.0 Å². The number of aromatic carboxylic acids is 1. The smallest absolute Gasteiger partial charge is 0.339 e. The summed E-state index contributed by atoms with van der Waals surface area (Å²) in [7, 11) is 0. The topological polar surface area (TPSA) is 104 Å². The first-order valence-electron chi connectivity index (χ1n) is 5.37. The largest absolute Gasteiger partial charge is 0.478 e. The molecule has 0 aliphatic rings. The molecule has 104 valence electrons. The highest BCUT2D eigenvalue weighted by molar-refractivity contribution is 7.15. The molecule has 0 radical (unpaired) electrons. The number of nitrogens with one attached hydrogen (secondary N) is 2. The number of aromatic nitrogens is 2. The molecule has 1 aromatic heterocycles. The molecule has 0 fully saturated rings. The minimum Gasteiger partial charge on any atom is -0.478 e. The molecule has 1 aromatic carbocycles. The minimum atomic E-state index is -1.22. The van der Waals surface area contributed by atoms with Gasteiger partial charge < -0.3 is 10.4 Å². The molecule has 0 aliphatic heterocycles. The van der Waals surface area contributed by atoms with Gasteiger partial charge in [-0.15, -0.1) is 10.2 Å². The van der Waals surface area contributed by atoms with Crippen LogP contribution >= 0.6 is 22.9 Å². The SMILES string of the molecule is Cc1nnc(NC(=O)Nc2cccc(Cl)c2C(=O)O)s1. The highest BCUT2D eigenvalue weighted by Crippen LogP contribution is 2.24. The van der Waals surface area contributed by atoms with Crippen LogP contribution in [0.3, 0.4) is 0 Å². The summed E-state index contributed by atoms with van der Waals surface area (Å²) in [5.74, 6) is -1.22. The molecule has 20 heavy (non-hydrogen) atoms. The van der Waals surface area contributed by atoms with Gasteiger partial charge in [-0.3, -0.25) is 5.32 Å². The molecule has 0 bridgehead atoms. The first-order chi connectivity index (χ1) is 9.47. The maximum atomic E-state index is 11.8. The van der Waals surface area contributed by atoms with Crippen molar-refractivity contribution >= 4 is 45.8 Å². The lowest BCUT2D eigenvalue weighted by Crippen LogP contribution is -2.21. The Kier molecular flexibility index (Phi) is 4.16. The fourth-order valence-corrected chi connectivity index (χ4v) is 2.29. The van der Waals surface area contributed by atoms with Gasteiger partial charge in [-0.25, -0.2) is 9.59 Å². The number of amides is 2. The van der Waals surface area contributed by atoms with Gasteiger partial charge in [-0.2, -0.15) is 0 Å². The second kappa shape index (κ2) is 5.85. The van der Waals surface area contributed by atoms with E-state index in [9.17, 15) is 9.59 Å². The molecular formula is C11H9ClN4O3S. The van der Waals surface area contributed by atoms with Crippen molar-refractivity contribution in [2.45, 2.75) is 6.92 Å². The molecular weight excluding hydrogens is 304 g/mol. The fourth-order valence-electron chi connectivity index (χ4n) is 1.44. The molecule has 3 N–H and O–H groups in total. The molecule has 0 aliphatic carbocycles. The number of carbonyl (C=O) groups is 2. The van der Waals surface area contributed by atoms with E-state index in [1.54, 1.807) is 13.0 Å². The van der Waals surface area contributed by atoms with Crippen molar-refractivity contribution in [3.63, 3.8) is 0 Å². The number of hydrogen-bond donors (Lipinski definition) is 3. The molecule has 0 saturated carbocycles. The standard InChI is InChI=1S/C11H9ClN4O3S/c1-5-15-16-11(20-5)14-10(19)13-7-4-2-3-6(12)8(7)9(17)18/h2-4H,1H3,(H,17,18)(H2,13,14,16,19). The number of hydrogen-bond acceptors (Lipinski definition) is 5. The second-order valence-electron chi connectivity index (χ2n) is 3.67. The third-order valence-electron chi connectivity index (χ3n) is 2.22. The number of halogens is 1. The van der Waals surface area contributed by atoms with E-state index in [1.165, 1.54) is 23.5 Å². The van der Waals surface area contributed by atoms with Crippen LogP contribution in [-0.2, 0) is 0 Å². The van der Waals surface area contributed by atoms with Crippen molar-refractivity contribution in [2.24, 2.45) is 0 Å². The van der Waals surface area contributed by atoms with Gasteiger partial charge in [0.25, 0.3) is 0 Å². The summed E-state index contributed by atoms with van der Waals surface area (Å²) in [5.41, 5.74) is -0.0681. The number of aryl methyl sites for hydroxylation is 1. The van der Waals surface area contributed by atoms with Crippen LogP contribution in [0.25, 0.3) is 0 Å². The van der Waals surface area contributed by atoms with E-state index in [-0.39, 0.29) is 16.3 Å². The summed E-state index contributed by atoms with van der Waals surface area (Å²) in [6, 6.07) is 3.80. The maximum absolute atomic E-state index is 11.8. The number of urea groups is 1. The van der Waals surface area contributed by atoms with Crippen LogP contribution in [0.4, 0.5) is 15.6 Å². The Labute approximate surface area is 122 Å². The first-order valence-corrected chi connectivity index (χ1v) is 6.56. The van der Waals surface area contributed by atoms with Gasteiger partial charge in [0.15, 0.2) is 0 Å². The minimum absolute atomic E-state index is 0.0436. The van der Waals surface area contributed by atoms with Gasteiger partial charge in [0, 0.05) is 0 Å². The van der Waals surface area contributed by atoms with Gasteiger partial charge in [-0.1, -0.05) is 29.0 Å². The fraction of sp³-hybridized carbons (Fsp3) is 0.0909. The lowest BCUT2D eigenvalue weighted by Gasteiger charge is -2.09. The van der Waals surface area contributed by atoms with Crippen LogP contribution < -0.4 is 10.6 Å². The quantitative estimate of drug-likeness (QED) is 0.808. The van der Waals surface area contributed by atoms with E-state index in [2.05, 4.69) is 20.8 Å². The third-order valence-corrected chi connectivity index (χ3v) is 3.29. The van der Waals surface area contributed by atoms with Crippen LogP contribution in [0.15, 0.2) is 18.2 Å². The Hall–Kier alpha value is -2.19. The third kappa shape index (κ3) is 3.22. The molecule has 7 nitrogen and oxygen atoms in total. The highest BCUT2D eigenvalue weighted by atomic mass is 35.5. The zero-order chi connectivity index (χ0) is 14.7. The molecule has 9 heteroatoms. The Morgan fingerprint density at radius 1 is 1.30 bits per heavy atom. The summed E-state index contributed by atoms with van der Waals surface area (Å²) in [6.45, 7) is 1.75. The van der Waals surface area contributed by atoms with Gasteiger partial charge in [0.1, 0.15) is 10.6 Å². The van der Waals surface area contributed by atoms with Gasteiger partial charge >= 0.3 is 12.0 Å². The Bertz CT molecular complexity index is 673. The van der Waals surface area contributed by atoms with Gasteiger partial charge in [0.2, 0.25) is 5.13 Å². The summed E-state index contributed by atoms with van der Waals surface area (Å²) in [4.78, 5) is 22.9. The summed E-state index contributed by atoms with van der Waals surface area (Å²) < 4.78 is 0. The predicted octanol–water partition coefficient (Wildman–Crippen LogP) is 2.84. The number of rotatable bonds is 3. The van der Waals surface area contributed by atoms with Crippen LogP contribution in [0, 0.1) is 6.92 Å². The number of carbonyl (C=O) groups excluding carboxylic acids is 1. The number of benzene rings is 1. The average molecular weight is 313 g/mol. The normalized spacial score (nSPS) is 10.1. The monoisotopic (exact) mass is 312 g/mol. The molecule has 2 rings (SSSR count). The van der Waals surface area contributed by atoms with Crippen LogP contribution in [0.5, 0.6) is 0 Å². The Balaban J connectivity index is 2.16. The van der Waals surface area contributed by atoms with Crippen molar-refractivity contribution in [3.8, 4) is 0 Å². The number of carboxylic acids is 1. The van der Waals surface area contributed by atoms with Gasteiger partial charge in [0.05, 0.1) is 10.7 Å². The van der Waals surface area contributed by atoms with E-state index in [0.29, 0.717) is 10.1 Å². The summed E-state index contributed by atoms with van der Waals surface area (Å²) in [5, 5.41) is 22.5. The Morgan fingerprint density at radius 2 is 2.05 bits per heavy atom. The number of anilines is 2. The molecule has 0 atom stereocenters.